The van der Waals surface area contributed by atoms with Crippen molar-refractivity contribution in [2.75, 3.05) is 45.8 Å². The first-order valence-corrected chi connectivity index (χ1v) is 7.00. The quantitative estimate of drug-likeness (QED) is 0.778. The third kappa shape index (κ3) is 3.68. The summed E-state index contributed by atoms with van der Waals surface area (Å²) < 4.78 is 0. The molecule has 0 radical (unpaired) electrons. The molecule has 0 bridgehead atoms. The minimum absolute atomic E-state index is 0.368. The summed E-state index contributed by atoms with van der Waals surface area (Å²) in [5.41, 5.74) is 0. The Morgan fingerprint density at radius 1 is 1.29 bits per heavy atom. The maximum absolute atomic E-state index is 12.0. The lowest BCUT2D eigenvalue weighted by Crippen LogP contribution is -2.48. The Bertz CT molecular complexity index is 243. The minimum Gasteiger partial charge on any atom is -0.340 e. The Kier molecular flexibility index (Phi) is 4.80. The van der Waals surface area contributed by atoms with Crippen LogP contribution >= 0.6 is 0 Å². The van der Waals surface area contributed by atoms with Gasteiger partial charge in [0.15, 0.2) is 0 Å². The van der Waals surface area contributed by atoms with Crippen LogP contribution in [0, 0.1) is 5.92 Å². The van der Waals surface area contributed by atoms with Gasteiger partial charge in [0.1, 0.15) is 0 Å². The second-order valence-electron chi connectivity index (χ2n) is 5.21. The summed E-state index contributed by atoms with van der Waals surface area (Å²) in [6.45, 7) is 9.48. The molecule has 0 saturated carbocycles. The van der Waals surface area contributed by atoms with Gasteiger partial charge in [-0.2, -0.15) is 0 Å². The summed E-state index contributed by atoms with van der Waals surface area (Å²) in [5, 5.41) is 3.36. The van der Waals surface area contributed by atoms with E-state index in [0.29, 0.717) is 5.91 Å². The summed E-state index contributed by atoms with van der Waals surface area (Å²) in [5.74, 6) is 1.10. The van der Waals surface area contributed by atoms with E-state index in [-0.39, 0.29) is 0 Å². The molecule has 0 aromatic carbocycles. The number of carbonyl (C=O) groups excluding carboxylic acids is 1. The van der Waals surface area contributed by atoms with Crippen LogP contribution < -0.4 is 5.32 Å². The summed E-state index contributed by atoms with van der Waals surface area (Å²) in [6, 6.07) is 0. The zero-order chi connectivity index (χ0) is 12.1. The van der Waals surface area contributed by atoms with Crippen molar-refractivity contribution in [1.82, 2.24) is 15.1 Å². The van der Waals surface area contributed by atoms with Crippen molar-refractivity contribution in [1.29, 1.82) is 0 Å². The smallest absolute Gasteiger partial charge is 0.222 e. The van der Waals surface area contributed by atoms with Crippen molar-refractivity contribution < 1.29 is 4.79 Å². The monoisotopic (exact) mass is 239 g/mol. The highest BCUT2D eigenvalue weighted by Crippen LogP contribution is 2.15. The average Bonchev–Trinajstić information content (AvgIpc) is 2.89. The van der Waals surface area contributed by atoms with Crippen molar-refractivity contribution in [3.8, 4) is 0 Å². The van der Waals surface area contributed by atoms with Crippen LogP contribution in [0.15, 0.2) is 0 Å². The van der Waals surface area contributed by atoms with Crippen molar-refractivity contribution >= 4 is 5.91 Å². The molecule has 2 saturated heterocycles. The van der Waals surface area contributed by atoms with Crippen LogP contribution in [0.25, 0.3) is 0 Å². The number of nitrogens with one attached hydrogen (secondary N) is 1. The van der Waals surface area contributed by atoms with Crippen LogP contribution in [-0.2, 0) is 4.79 Å². The molecule has 4 heteroatoms. The molecule has 98 valence electrons. The summed E-state index contributed by atoms with van der Waals surface area (Å²) in [4.78, 5) is 16.5. The Hall–Kier alpha value is -0.610. The van der Waals surface area contributed by atoms with Gasteiger partial charge in [0.2, 0.25) is 5.91 Å². The van der Waals surface area contributed by atoms with Gasteiger partial charge in [-0.1, -0.05) is 6.92 Å². The first-order valence-electron chi connectivity index (χ1n) is 7.00. The van der Waals surface area contributed by atoms with E-state index in [1.807, 2.05) is 0 Å². The van der Waals surface area contributed by atoms with Crippen LogP contribution in [0.2, 0.25) is 0 Å². The Morgan fingerprint density at radius 2 is 2.06 bits per heavy atom. The van der Waals surface area contributed by atoms with E-state index in [2.05, 4.69) is 22.0 Å². The summed E-state index contributed by atoms with van der Waals surface area (Å²) in [6.07, 6.45) is 3.06. The maximum Gasteiger partial charge on any atom is 0.222 e. The average molecular weight is 239 g/mol. The molecule has 2 aliphatic heterocycles. The van der Waals surface area contributed by atoms with Crippen molar-refractivity contribution in [2.45, 2.75) is 26.2 Å². The van der Waals surface area contributed by atoms with Gasteiger partial charge in [-0.3, -0.25) is 4.79 Å². The van der Waals surface area contributed by atoms with Crippen molar-refractivity contribution in [3.63, 3.8) is 0 Å². The molecular formula is C13H25N3O. The number of likely N-dealkylation sites (N-methyl/N-ethyl adjacent to an activating group) is 1. The van der Waals surface area contributed by atoms with Crippen LogP contribution in [0.1, 0.15) is 26.2 Å². The van der Waals surface area contributed by atoms with E-state index in [1.54, 1.807) is 0 Å². The number of carbonyl (C=O) groups is 1. The molecule has 2 aliphatic rings. The Labute approximate surface area is 104 Å². The maximum atomic E-state index is 12.0. The summed E-state index contributed by atoms with van der Waals surface area (Å²) >= 11 is 0. The fourth-order valence-corrected chi connectivity index (χ4v) is 2.76. The molecule has 2 rings (SSSR count). The number of amides is 1. The molecule has 1 unspecified atom stereocenters. The highest BCUT2D eigenvalue weighted by Gasteiger charge is 2.21. The molecule has 0 aromatic heterocycles. The standard InChI is InChI=1S/C13H25N3O/c1-2-15-7-9-16(10-8-15)13(17)4-3-12-5-6-14-11-12/h12,14H,2-11H2,1H3. The van der Waals surface area contributed by atoms with Crippen LogP contribution in [0.5, 0.6) is 0 Å². The van der Waals surface area contributed by atoms with E-state index in [0.717, 1.165) is 64.6 Å². The van der Waals surface area contributed by atoms with Crippen LogP contribution in [0.4, 0.5) is 0 Å². The molecular weight excluding hydrogens is 214 g/mol. The normalized spacial score (nSPS) is 26.4. The molecule has 1 amide bonds. The van der Waals surface area contributed by atoms with Gasteiger partial charge in [0, 0.05) is 32.6 Å². The molecule has 17 heavy (non-hydrogen) atoms. The molecule has 2 heterocycles. The first-order chi connectivity index (χ1) is 8.29. The summed E-state index contributed by atoms with van der Waals surface area (Å²) in [7, 11) is 0. The molecule has 1 atom stereocenters. The molecule has 0 aliphatic carbocycles. The predicted octanol–water partition coefficient (Wildman–Crippen LogP) is 0.540. The van der Waals surface area contributed by atoms with Crippen molar-refractivity contribution in [3.05, 3.63) is 0 Å². The lowest BCUT2D eigenvalue weighted by Gasteiger charge is -2.34. The fourth-order valence-electron chi connectivity index (χ4n) is 2.76. The van der Waals surface area contributed by atoms with Gasteiger partial charge in [-0.05, 0) is 38.4 Å². The van der Waals surface area contributed by atoms with Gasteiger partial charge in [0.25, 0.3) is 0 Å². The zero-order valence-electron chi connectivity index (χ0n) is 11.0. The highest BCUT2D eigenvalue weighted by atomic mass is 16.2. The van der Waals surface area contributed by atoms with E-state index < -0.39 is 0 Å². The molecule has 2 fully saturated rings. The van der Waals surface area contributed by atoms with E-state index >= 15 is 0 Å². The van der Waals surface area contributed by atoms with Crippen molar-refractivity contribution in [2.24, 2.45) is 5.92 Å². The lowest BCUT2D eigenvalue weighted by atomic mass is 10.0. The SMILES string of the molecule is CCN1CCN(C(=O)CCC2CCNC2)CC1. The van der Waals surface area contributed by atoms with Gasteiger partial charge in [-0.25, -0.2) is 0 Å². The first kappa shape index (κ1) is 12.8. The van der Waals surface area contributed by atoms with Gasteiger partial charge < -0.3 is 15.1 Å². The van der Waals surface area contributed by atoms with Gasteiger partial charge in [-0.15, -0.1) is 0 Å². The molecule has 0 spiro atoms. The zero-order valence-corrected chi connectivity index (χ0v) is 11.0. The molecule has 1 N–H and O–H groups in total. The Balaban J connectivity index is 1.66. The Morgan fingerprint density at radius 3 is 2.65 bits per heavy atom. The van der Waals surface area contributed by atoms with Crippen LogP contribution in [-0.4, -0.2) is 61.5 Å². The second kappa shape index (κ2) is 6.36. The third-order valence-electron chi connectivity index (χ3n) is 4.10. The van der Waals surface area contributed by atoms with E-state index in [4.69, 9.17) is 0 Å². The van der Waals surface area contributed by atoms with E-state index in [9.17, 15) is 4.79 Å². The largest absolute Gasteiger partial charge is 0.340 e. The number of piperazine rings is 1. The van der Waals surface area contributed by atoms with Gasteiger partial charge >= 0.3 is 0 Å². The van der Waals surface area contributed by atoms with Gasteiger partial charge in [0.05, 0.1) is 0 Å². The molecule has 0 aromatic rings. The topological polar surface area (TPSA) is 35.6 Å². The third-order valence-corrected chi connectivity index (χ3v) is 4.10. The molecule has 4 nitrogen and oxygen atoms in total. The lowest BCUT2D eigenvalue weighted by molar-refractivity contribution is -0.133. The number of nitrogens with zero attached hydrogens (tertiary/aromatic N) is 2. The second-order valence-corrected chi connectivity index (χ2v) is 5.21. The number of hydrogen-bond acceptors (Lipinski definition) is 3. The van der Waals surface area contributed by atoms with E-state index in [1.165, 1.54) is 6.42 Å². The minimum atomic E-state index is 0.368. The fraction of sp³-hybridized carbons (Fsp3) is 0.923. The number of hydrogen-bond donors (Lipinski definition) is 1. The van der Waals surface area contributed by atoms with Crippen LogP contribution in [0.3, 0.4) is 0 Å². The number of rotatable bonds is 4. The highest BCUT2D eigenvalue weighted by molar-refractivity contribution is 5.76. The predicted molar refractivity (Wildman–Crippen MR) is 68.9 cm³/mol.